The largest absolute Gasteiger partial charge is 0.495 e. The van der Waals surface area contributed by atoms with Crippen LogP contribution in [-0.4, -0.2) is 118 Å². The zero-order valence-corrected chi connectivity index (χ0v) is 37.4. The van der Waals surface area contributed by atoms with Crippen molar-refractivity contribution in [3.05, 3.63) is 104 Å². The van der Waals surface area contributed by atoms with E-state index in [9.17, 15) is 14.7 Å². The second-order valence-electron chi connectivity index (χ2n) is 14.0. The molecular formula is C43H39Cl4N9O7. The molecule has 4 heterocycles. The average molecular weight is 936 g/mol. The number of aromatic carboxylic acids is 1. The Kier molecular flexibility index (Phi) is 14.0. The van der Waals surface area contributed by atoms with Gasteiger partial charge in [-0.15, -0.1) is 0 Å². The summed E-state index contributed by atoms with van der Waals surface area (Å²) in [5.74, 6) is 0.428. The maximum atomic E-state index is 13.3. The fourth-order valence-electron chi connectivity index (χ4n) is 7.04. The number of fused-ring (bicyclic) bond motifs is 2. The van der Waals surface area contributed by atoms with Gasteiger partial charge in [0.2, 0.25) is 5.95 Å². The molecule has 0 bridgehead atoms. The maximum absolute atomic E-state index is 13.3. The van der Waals surface area contributed by atoms with Gasteiger partial charge in [0.15, 0.2) is 0 Å². The van der Waals surface area contributed by atoms with Crippen molar-refractivity contribution in [2.45, 2.75) is 6.54 Å². The third-order valence-corrected chi connectivity index (χ3v) is 11.8. The Hall–Kier alpha value is -6.01. The van der Waals surface area contributed by atoms with Crippen molar-refractivity contribution in [2.75, 3.05) is 67.0 Å². The highest BCUT2D eigenvalue weighted by Crippen LogP contribution is 2.49. The Morgan fingerprint density at radius 2 is 1.08 bits per heavy atom. The van der Waals surface area contributed by atoms with Gasteiger partial charge in [-0.1, -0.05) is 58.5 Å². The highest BCUT2D eigenvalue weighted by Gasteiger charge is 2.25. The zero-order chi connectivity index (χ0) is 44.9. The van der Waals surface area contributed by atoms with Crippen LogP contribution >= 0.6 is 46.4 Å². The molecule has 3 N–H and O–H groups in total. The molecule has 0 aliphatic carbocycles. The standard InChI is InChI=1S/C26H27Cl2N7O3.C17H12Cl2N2O4/c1-34-8-10-35(11-9-34)14-15-13-31-26(32-15)33-25(36)17-5-4-16(23-24(17)30-7-6-29-23)20-21(27)18(37-2)12-19(38-3)22(20)28;1-24-10-7-11(25-2)14(19)12(13(10)18)8-3-4-9(17(22)23)16-15(8)20-5-6-21-16/h4-7,12-13H,8-11,14H2,1-3H3,(H2,31,32,33,36);3-7H,1-2H3,(H,22,23). The number of halogens is 4. The van der Waals surface area contributed by atoms with E-state index in [0.29, 0.717) is 83.4 Å². The minimum Gasteiger partial charge on any atom is -0.495 e. The Bertz CT molecular complexity index is 2800. The van der Waals surface area contributed by atoms with Crippen molar-refractivity contribution < 1.29 is 33.6 Å². The van der Waals surface area contributed by atoms with Crippen molar-refractivity contribution in [1.29, 1.82) is 0 Å². The van der Waals surface area contributed by atoms with Crippen molar-refractivity contribution in [1.82, 2.24) is 39.7 Å². The number of likely N-dealkylation sites (N-methyl/N-ethyl adjacent to an activating group) is 1. The lowest BCUT2D eigenvalue weighted by atomic mass is 9.99. The predicted molar refractivity (Wildman–Crippen MR) is 242 cm³/mol. The van der Waals surface area contributed by atoms with Crippen molar-refractivity contribution in [2.24, 2.45) is 0 Å². The van der Waals surface area contributed by atoms with E-state index in [-0.39, 0.29) is 27.0 Å². The second-order valence-corrected chi connectivity index (χ2v) is 15.5. The number of hydrogen-bond donors (Lipinski definition) is 3. The van der Waals surface area contributed by atoms with E-state index in [2.05, 4.69) is 52.1 Å². The molecule has 16 nitrogen and oxygen atoms in total. The van der Waals surface area contributed by atoms with E-state index in [1.165, 1.54) is 53.1 Å². The number of imidazole rings is 1. The number of carbonyl (C=O) groups is 2. The first kappa shape index (κ1) is 45.0. The predicted octanol–water partition coefficient (Wildman–Crippen LogP) is 8.66. The van der Waals surface area contributed by atoms with Gasteiger partial charge in [-0.05, 0) is 19.2 Å². The lowest BCUT2D eigenvalue weighted by Crippen LogP contribution is -2.43. The summed E-state index contributed by atoms with van der Waals surface area (Å²) in [5.41, 5.74) is 4.76. The number of carbonyl (C=O) groups excluding carboxylic acids is 1. The number of ether oxygens (including phenoxy) is 4. The number of rotatable bonds is 11. The van der Waals surface area contributed by atoms with Gasteiger partial charge in [0, 0.05) is 91.9 Å². The molecule has 4 aromatic carbocycles. The van der Waals surface area contributed by atoms with Gasteiger partial charge < -0.3 is 33.9 Å². The molecule has 7 aromatic rings. The van der Waals surface area contributed by atoms with E-state index < -0.39 is 5.97 Å². The molecule has 0 atom stereocenters. The molecule has 0 unspecified atom stereocenters. The number of carboxylic acids is 1. The van der Waals surface area contributed by atoms with Gasteiger partial charge in [-0.3, -0.25) is 34.9 Å². The molecule has 63 heavy (non-hydrogen) atoms. The number of benzene rings is 4. The first-order valence-corrected chi connectivity index (χ1v) is 20.6. The quantitative estimate of drug-likeness (QED) is 0.112. The van der Waals surface area contributed by atoms with Crippen molar-refractivity contribution in [3.8, 4) is 45.3 Å². The Morgan fingerprint density at radius 3 is 1.52 bits per heavy atom. The number of nitrogens with zero attached hydrogens (tertiary/aromatic N) is 7. The number of piperazine rings is 1. The SMILES string of the molecule is COc1cc(OC)c(Cl)c(-c2ccc(C(=O)Nc3ncc(CN4CCN(C)CC4)[nH]3)c3nccnc23)c1Cl.COc1cc(OC)c(Cl)c(-c2ccc(C(=O)O)c3nccnc23)c1Cl. The number of carboxylic acid groups (broad SMARTS) is 1. The van der Waals surface area contributed by atoms with Crippen LogP contribution in [0.2, 0.25) is 20.1 Å². The van der Waals surface area contributed by atoms with E-state index in [0.717, 1.165) is 38.4 Å². The monoisotopic (exact) mass is 933 g/mol. The molecule has 3 aromatic heterocycles. The van der Waals surface area contributed by atoms with Crippen molar-refractivity contribution in [3.63, 3.8) is 0 Å². The molecule has 0 spiro atoms. The normalized spacial score (nSPS) is 13.0. The van der Waals surface area contributed by atoms with Crippen molar-refractivity contribution >= 4 is 86.3 Å². The topological polar surface area (TPSA) is 190 Å². The molecule has 8 rings (SSSR count). The summed E-state index contributed by atoms with van der Waals surface area (Å²) in [5, 5.41) is 13.3. The highest BCUT2D eigenvalue weighted by atomic mass is 35.5. The minimum atomic E-state index is -1.10. The number of aromatic nitrogens is 6. The molecule has 1 aliphatic rings. The van der Waals surface area contributed by atoms with Gasteiger partial charge >= 0.3 is 5.97 Å². The number of anilines is 1. The van der Waals surface area contributed by atoms with E-state index >= 15 is 0 Å². The number of hydrogen-bond acceptors (Lipinski definition) is 13. The summed E-state index contributed by atoms with van der Waals surface area (Å²) in [4.78, 5) is 54.3. The summed E-state index contributed by atoms with van der Waals surface area (Å²) in [6.45, 7) is 4.77. The number of H-pyrrole nitrogens is 1. The van der Waals surface area contributed by atoms with E-state index in [4.69, 9.17) is 65.4 Å². The second kappa shape index (κ2) is 19.6. The molecular weight excluding hydrogens is 896 g/mol. The van der Waals surface area contributed by atoms with Gasteiger partial charge in [-0.25, -0.2) is 9.78 Å². The fourth-order valence-corrected chi connectivity index (χ4v) is 8.45. The summed E-state index contributed by atoms with van der Waals surface area (Å²) in [6.07, 6.45) is 7.71. The summed E-state index contributed by atoms with van der Waals surface area (Å²) in [7, 11) is 8.09. The van der Waals surface area contributed by atoms with Crippen LogP contribution in [0.5, 0.6) is 23.0 Å². The summed E-state index contributed by atoms with van der Waals surface area (Å²) in [6, 6.07) is 9.62. The maximum Gasteiger partial charge on any atom is 0.337 e. The average Bonchev–Trinajstić information content (AvgIpc) is 3.73. The third kappa shape index (κ3) is 9.23. The van der Waals surface area contributed by atoms with Crippen LogP contribution in [0.4, 0.5) is 5.95 Å². The van der Waals surface area contributed by atoms with Crippen LogP contribution < -0.4 is 24.3 Å². The van der Waals surface area contributed by atoms with Crippen LogP contribution in [0, 0.1) is 0 Å². The highest BCUT2D eigenvalue weighted by molar-refractivity contribution is 6.42. The first-order valence-electron chi connectivity index (χ1n) is 19.1. The molecule has 326 valence electrons. The van der Waals surface area contributed by atoms with Crippen LogP contribution in [0.1, 0.15) is 26.4 Å². The van der Waals surface area contributed by atoms with Crippen LogP contribution in [0.15, 0.2) is 67.4 Å². The molecule has 0 radical (unpaired) electrons. The molecule has 1 aliphatic heterocycles. The molecule has 0 saturated carbocycles. The van der Waals surface area contributed by atoms with Crippen LogP contribution in [-0.2, 0) is 6.54 Å². The van der Waals surface area contributed by atoms with Gasteiger partial charge in [0.25, 0.3) is 5.91 Å². The minimum absolute atomic E-state index is 0.0361. The lowest BCUT2D eigenvalue weighted by molar-refractivity contribution is 0.0698. The Balaban J connectivity index is 0.000000206. The van der Waals surface area contributed by atoms with Crippen LogP contribution in [0.25, 0.3) is 44.3 Å². The molecule has 1 fully saturated rings. The van der Waals surface area contributed by atoms with E-state index in [1.807, 2.05) is 0 Å². The zero-order valence-electron chi connectivity index (χ0n) is 34.4. The summed E-state index contributed by atoms with van der Waals surface area (Å²) >= 11 is 26.2. The number of nitrogens with one attached hydrogen (secondary N) is 2. The van der Waals surface area contributed by atoms with Crippen LogP contribution in [0.3, 0.4) is 0 Å². The van der Waals surface area contributed by atoms with Gasteiger partial charge in [-0.2, -0.15) is 0 Å². The summed E-state index contributed by atoms with van der Waals surface area (Å²) < 4.78 is 21.4. The van der Waals surface area contributed by atoms with Gasteiger partial charge in [0.05, 0.1) is 82.6 Å². The number of aromatic amines is 1. The third-order valence-electron chi connectivity index (χ3n) is 10.3. The lowest BCUT2D eigenvalue weighted by Gasteiger charge is -2.31. The number of methoxy groups -OCH3 is 4. The number of amides is 1. The molecule has 20 heteroatoms. The molecule has 1 saturated heterocycles. The molecule has 1 amide bonds. The Morgan fingerprint density at radius 1 is 0.651 bits per heavy atom. The van der Waals surface area contributed by atoms with E-state index in [1.54, 1.807) is 42.7 Å². The first-order chi connectivity index (χ1) is 30.4. The smallest absolute Gasteiger partial charge is 0.337 e. The Labute approximate surface area is 381 Å². The fraction of sp³-hybridized carbons (Fsp3) is 0.233. The van der Waals surface area contributed by atoms with Gasteiger partial charge in [0.1, 0.15) is 34.0 Å².